The Kier molecular flexibility index (Phi) is 13.3. The largest absolute Gasteiger partial charge is 0.388 e. The summed E-state index contributed by atoms with van der Waals surface area (Å²) in [5.41, 5.74) is -2.02. The number of aldehydes is 1. The molecule has 8 aliphatic rings. The van der Waals surface area contributed by atoms with Crippen molar-refractivity contribution in [1.82, 2.24) is 0 Å². The Labute approximate surface area is 370 Å². The Morgan fingerprint density at radius 2 is 1.29 bits per heavy atom. The molecule has 4 saturated carbocycles. The highest BCUT2D eigenvalue weighted by Gasteiger charge is 2.72. The Balaban J connectivity index is 1.04. The topological polar surface area (TPSA) is 264 Å². The molecule has 4 aliphatic heterocycles. The van der Waals surface area contributed by atoms with Crippen LogP contribution in [0, 0.1) is 45.3 Å². The maximum Gasteiger partial charge on any atom is 0.187 e. The van der Waals surface area contributed by atoms with E-state index in [4.69, 9.17) is 33.2 Å². The van der Waals surface area contributed by atoms with Crippen LogP contribution in [-0.2, 0) is 38.0 Å². The molecule has 0 spiro atoms. The Hall–Kier alpha value is -1.23. The molecule has 24 atom stereocenters. The predicted octanol–water partition coefficient (Wildman–Crippen LogP) is 0.794. The third kappa shape index (κ3) is 7.73. The van der Waals surface area contributed by atoms with E-state index in [0.717, 1.165) is 44.1 Å². The van der Waals surface area contributed by atoms with E-state index in [9.17, 15) is 50.8 Å². The molecular weight excluding hydrogens is 824 g/mol. The van der Waals surface area contributed by atoms with Crippen molar-refractivity contribution >= 4 is 6.29 Å². The number of ether oxygens (including phenoxy) is 7. The molecule has 63 heavy (non-hydrogen) atoms. The standard InChI is InChI=1S/C46H74O17/c1-21(2)16-23-17-46(56,41(55)60-23)25-10-13-43(6)24(25)8-9-29-44(43,7)14-11-28-42(4,5)30(12-15-45(28,29)20-47)61-40-37(63-39-35(54)33(52)31(50)22(3)59-39)36(27(49)19-58-40)62-38-34(53)32(51)26(48)18-57-38/h16,20,22-41,48-56H,8-15,17-19H2,1-7H3/t22-,23-,24-,25-,26+,27+,28+,29+,30+,31+,32+,33+,34+,35+,36+,37+,38+,39+,40+,41-,43-,44+,45+,46+/m1/s1. The molecule has 9 N–H and O–H groups in total. The quantitative estimate of drug-likeness (QED) is 0.0881. The van der Waals surface area contributed by atoms with Crippen LogP contribution in [0.2, 0.25) is 0 Å². The molecule has 0 aromatic carbocycles. The van der Waals surface area contributed by atoms with Gasteiger partial charge >= 0.3 is 0 Å². The summed E-state index contributed by atoms with van der Waals surface area (Å²) in [6.45, 7) is 13.7. The lowest BCUT2D eigenvalue weighted by molar-refractivity contribution is -0.383. The summed E-state index contributed by atoms with van der Waals surface area (Å²) in [5, 5.41) is 98.1. The summed E-state index contributed by atoms with van der Waals surface area (Å²) in [6, 6.07) is 0. The summed E-state index contributed by atoms with van der Waals surface area (Å²) >= 11 is 0. The summed E-state index contributed by atoms with van der Waals surface area (Å²) in [7, 11) is 0. The highest BCUT2D eigenvalue weighted by Crippen LogP contribution is 2.76. The smallest absolute Gasteiger partial charge is 0.187 e. The molecule has 0 radical (unpaired) electrons. The number of hydrogen-bond acceptors (Lipinski definition) is 17. The average molecular weight is 899 g/mol. The van der Waals surface area contributed by atoms with Crippen molar-refractivity contribution in [2.75, 3.05) is 13.2 Å². The van der Waals surface area contributed by atoms with Gasteiger partial charge in [-0.2, -0.15) is 0 Å². The molecule has 8 fully saturated rings. The van der Waals surface area contributed by atoms with E-state index in [2.05, 4.69) is 27.7 Å². The number of carbonyl (C=O) groups excluding carboxylic acids is 1. The van der Waals surface area contributed by atoms with Crippen LogP contribution in [0.1, 0.15) is 106 Å². The number of rotatable bonds is 9. The fourth-order valence-corrected chi connectivity index (χ4v) is 14.5. The van der Waals surface area contributed by atoms with Gasteiger partial charge in [0.2, 0.25) is 0 Å². The minimum Gasteiger partial charge on any atom is -0.388 e. The van der Waals surface area contributed by atoms with Crippen molar-refractivity contribution in [3.8, 4) is 0 Å². The molecule has 0 bridgehead atoms. The van der Waals surface area contributed by atoms with Crippen LogP contribution in [0.3, 0.4) is 0 Å². The number of carbonyl (C=O) groups is 1. The highest BCUT2D eigenvalue weighted by molar-refractivity contribution is 5.62. The van der Waals surface area contributed by atoms with Crippen LogP contribution >= 0.6 is 0 Å². The van der Waals surface area contributed by atoms with E-state index < -0.39 is 109 Å². The first kappa shape index (κ1) is 48.2. The lowest BCUT2D eigenvalue weighted by Crippen LogP contribution is -2.67. The first-order valence-electron chi connectivity index (χ1n) is 23.3. The zero-order valence-electron chi connectivity index (χ0n) is 37.8. The molecule has 0 unspecified atom stereocenters. The average Bonchev–Trinajstić information content (AvgIpc) is 3.73. The number of fused-ring (bicyclic) bond motifs is 5. The minimum atomic E-state index is -1.73. The first-order valence-corrected chi connectivity index (χ1v) is 23.3. The molecule has 17 heteroatoms. The van der Waals surface area contributed by atoms with E-state index in [0.29, 0.717) is 19.3 Å². The molecule has 4 aliphatic carbocycles. The highest BCUT2D eigenvalue weighted by atomic mass is 16.8. The maximum absolute atomic E-state index is 13.9. The van der Waals surface area contributed by atoms with Gasteiger partial charge in [-0.3, -0.25) is 0 Å². The van der Waals surface area contributed by atoms with Crippen LogP contribution in [0.15, 0.2) is 11.6 Å². The third-order valence-corrected chi connectivity index (χ3v) is 18.1. The molecule has 0 aromatic heterocycles. The number of allylic oxidation sites excluding steroid dienone is 1. The van der Waals surface area contributed by atoms with Gasteiger partial charge in [0.1, 0.15) is 66.8 Å². The molecule has 0 aromatic rings. The van der Waals surface area contributed by atoms with E-state index in [1.807, 2.05) is 19.9 Å². The summed E-state index contributed by atoms with van der Waals surface area (Å²) < 4.78 is 42.7. The number of aliphatic hydroxyl groups is 9. The van der Waals surface area contributed by atoms with Gasteiger partial charge in [0.15, 0.2) is 25.2 Å². The second-order valence-electron chi connectivity index (χ2n) is 21.9. The van der Waals surface area contributed by atoms with Gasteiger partial charge in [0.05, 0.1) is 31.5 Å². The van der Waals surface area contributed by atoms with E-state index in [-0.39, 0.29) is 53.8 Å². The van der Waals surface area contributed by atoms with E-state index >= 15 is 0 Å². The summed E-state index contributed by atoms with van der Waals surface area (Å²) in [5.74, 6) is -0.0527. The molecule has 4 heterocycles. The Bertz CT molecular complexity index is 1680. The predicted molar refractivity (Wildman–Crippen MR) is 220 cm³/mol. The Morgan fingerprint density at radius 1 is 0.635 bits per heavy atom. The Morgan fingerprint density at radius 3 is 1.98 bits per heavy atom. The van der Waals surface area contributed by atoms with E-state index in [1.165, 1.54) is 13.2 Å². The van der Waals surface area contributed by atoms with Crippen molar-refractivity contribution in [2.24, 2.45) is 45.3 Å². The molecule has 4 saturated heterocycles. The van der Waals surface area contributed by atoms with Gasteiger partial charge in [0, 0.05) is 11.8 Å². The molecule has 0 amide bonds. The number of hydrogen-bond donors (Lipinski definition) is 9. The summed E-state index contributed by atoms with van der Waals surface area (Å²) in [4.78, 5) is 13.9. The van der Waals surface area contributed by atoms with Gasteiger partial charge in [-0.1, -0.05) is 39.3 Å². The molecule has 360 valence electrons. The van der Waals surface area contributed by atoms with Gasteiger partial charge in [-0.15, -0.1) is 0 Å². The molecular formula is C46H74O17. The fourth-order valence-electron chi connectivity index (χ4n) is 14.5. The maximum atomic E-state index is 13.9. The second kappa shape index (κ2) is 17.4. The second-order valence-corrected chi connectivity index (χ2v) is 21.9. The molecule has 17 nitrogen and oxygen atoms in total. The van der Waals surface area contributed by atoms with Crippen molar-refractivity contribution in [3.63, 3.8) is 0 Å². The summed E-state index contributed by atoms with van der Waals surface area (Å²) in [6.07, 6.45) is -11.7. The van der Waals surface area contributed by atoms with Crippen LogP contribution in [-0.4, -0.2) is 169 Å². The van der Waals surface area contributed by atoms with Gasteiger partial charge in [-0.25, -0.2) is 0 Å². The zero-order valence-corrected chi connectivity index (χ0v) is 37.8. The van der Waals surface area contributed by atoms with Crippen LogP contribution in [0.5, 0.6) is 0 Å². The van der Waals surface area contributed by atoms with Gasteiger partial charge in [0.25, 0.3) is 0 Å². The van der Waals surface area contributed by atoms with E-state index in [1.54, 1.807) is 0 Å². The zero-order chi connectivity index (χ0) is 45.8. The van der Waals surface area contributed by atoms with Gasteiger partial charge < -0.3 is 83.9 Å². The van der Waals surface area contributed by atoms with Crippen LogP contribution in [0.4, 0.5) is 0 Å². The lowest BCUT2D eigenvalue weighted by atomic mass is 9.35. The van der Waals surface area contributed by atoms with Crippen molar-refractivity contribution < 1.29 is 83.9 Å². The number of aliphatic hydroxyl groups excluding tert-OH is 8. The van der Waals surface area contributed by atoms with Gasteiger partial charge in [-0.05, 0) is 112 Å². The van der Waals surface area contributed by atoms with Crippen molar-refractivity contribution in [2.45, 2.75) is 210 Å². The first-order chi connectivity index (χ1) is 29.5. The lowest BCUT2D eigenvalue weighted by Gasteiger charge is -2.69. The molecule has 8 rings (SSSR count). The van der Waals surface area contributed by atoms with Crippen LogP contribution in [0.25, 0.3) is 0 Å². The normalized spacial score (nSPS) is 55.6. The van der Waals surface area contributed by atoms with Crippen LogP contribution < -0.4 is 0 Å². The van der Waals surface area contributed by atoms with Crippen molar-refractivity contribution in [1.29, 1.82) is 0 Å². The fraction of sp³-hybridized carbons (Fsp3) is 0.935. The monoisotopic (exact) mass is 898 g/mol. The SMILES string of the molecule is CC(C)=C[C@@H]1C[C@](O)([C@@H]2CC[C@]3(C)[C@@H]2CC[C@@H]2[C@]4(C=O)CC[C@H](O[C@@H]5OC[C@H](O)[C@H](O[C@@H]6OC[C@H](O)[C@H](O)[C@@H]6O)[C@@H]5O[C@@H]5O[C@H](C)[C@H](O)[C@H](O)[C@@H]5O)C(C)(C)[C@@H]4CC[C@@]23C)[C@H](O)O1. The third-order valence-electron chi connectivity index (χ3n) is 18.1. The van der Waals surface area contributed by atoms with Crippen molar-refractivity contribution in [3.05, 3.63) is 11.6 Å². The minimum absolute atomic E-state index is 0.0544.